The number of carbonyl (C=O) groups excluding carboxylic acids is 1. The summed E-state index contributed by atoms with van der Waals surface area (Å²) in [4.78, 5) is 23.1. The Kier molecular flexibility index (Phi) is 6.06. The van der Waals surface area contributed by atoms with Crippen LogP contribution in [-0.4, -0.2) is 23.0 Å². The van der Waals surface area contributed by atoms with Crippen molar-refractivity contribution in [1.29, 1.82) is 0 Å². The van der Waals surface area contributed by atoms with Crippen LogP contribution in [0.5, 0.6) is 0 Å². The Morgan fingerprint density at radius 2 is 1.89 bits per heavy atom. The molecule has 0 saturated carbocycles. The second kappa shape index (κ2) is 7.56. The number of hydrogen-bond acceptors (Lipinski definition) is 2. The topological polar surface area (TPSA) is 66.4 Å². The SMILES string of the molecule is CCCC(C)C(=O)NC(Cc1ccccc1)C(=O)O. The molecule has 2 atom stereocenters. The van der Waals surface area contributed by atoms with E-state index in [-0.39, 0.29) is 11.8 Å². The van der Waals surface area contributed by atoms with Crippen molar-refractivity contribution >= 4 is 11.9 Å². The summed E-state index contributed by atoms with van der Waals surface area (Å²) < 4.78 is 0. The summed E-state index contributed by atoms with van der Waals surface area (Å²) in [6.07, 6.45) is 1.98. The zero-order chi connectivity index (χ0) is 14.3. The maximum atomic E-state index is 11.9. The molecule has 0 aliphatic heterocycles. The molecule has 4 nitrogen and oxygen atoms in total. The third-order valence-electron chi connectivity index (χ3n) is 3.07. The van der Waals surface area contributed by atoms with E-state index < -0.39 is 12.0 Å². The molecule has 1 amide bonds. The summed E-state index contributed by atoms with van der Waals surface area (Å²) in [7, 11) is 0. The van der Waals surface area contributed by atoms with E-state index in [9.17, 15) is 14.7 Å². The summed E-state index contributed by atoms with van der Waals surface area (Å²) in [5.41, 5.74) is 0.901. The molecule has 1 rings (SSSR count). The fraction of sp³-hybridized carbons (Fsp3) is 0.467. The van der Waals surface area contributed by atoms with Crippen LogP contribution in [0.15, 0.2) is 30.3 Å². The Hall–Kier alpha value is -1.84. The highest BCUT2D eigenvalue weighted by Gasteiger charge is 2.22. The minimum Gasteiger partial charge on any atom is -0.480 e. The Balaban J connectivity index is 2.64. The Bertz CT molecular complexity index is 417. The summed E-state index contributed by atoms with van der Waals surface area (Å²) in [6, 6.07) is 8.44. The van der Waals surface area contributed by atoms with Gasteiger partial charge in [0.25, 0.3) is 0 Å². The number of carboxylic acids is 1. The van der Waals surface area contributed by atoms with Gasteiger partial charge in [-0.2, -0.15) is 0 Å². The van der Waals surface area contributed by atoms with E-state index in [1.807, 2.05) is 44.2 Å². The lowest BCUT2D eigenvalue weighted by atomic mass is 10.0. The Morgan fingerprint density at radius 3 is 2.42 bits per heavy atom. The number of rotatable bonds is 7. The lowest BCUT2D eigenvalue weighted by Crippen LogP contribution is -2.44. The lowest BCUT2D eigenvalue weighted by molar-refractivity contribution is -0.142. The average Bonchev–Trinajstić information content (AvgIpc) is 2.39. The van der Waals surface area contributed by atoms with Crippen LogP contribution in [0.4, 0.5) is 0 Å². The van der Waals surface area contributed by atoms with Gasteiger partial charge >= 0.3 is 5.97 Å². The van der Waals surface area contributed by atoms with E-state index in [1.54, 1.807) is 0 Å². The van der Waals surface area contributed by atoms with Crippen molar-refractivity contribution in [3.63, 3.8) is 0 Å². The number of carbonyl (C=O) groups is 2. The molecule has 0 bridgehead atoms. The minimum absolute atomic E-state index is 0.150. The third-order valence-corrected chi connectivity index (χ3v) is 3.07. The molecule has 2 unspecified atom stereocenters. The minimum atomic E-state index is -0.999. The smallest absolute Gasteiger partial charge is 0.326 e. The molecule has 1 aromatic rings. The number of nitrogens with one attached hydrogen (secondary N) is 1. The van der Waals surface area contributed by atoms with Crippen LogP contribution < -0.4 is 5.32 Å². The molecule has 2 N–H and O–H groups in total. The van der Waals surface area contributed by atoms with Gasteiger partial charge in [0, 0.05) is 12.3 Å². The van der Waals surface area contributed by atoms with Crippen LogP contribution >= 0.6 is 0 Å². The first-order valence-electron chi connectivity index (χ1n) is 6.61. The van der Waals surface area contributed by atoms with Crippen LogP contribution in [0.25, 0.3) is 0 Å². The molecule has 104 valence electrons. The lowest BCUT2D eigenvalue weighted by Gasteiger charge is -2.17. The standard InChI is InChI=1S/C15H21NO3/c1-3-7-11(2)14(17)16-13(15(18)19)10-12-8-5-4-6-9-12/h4-6,8-9,11,13H,3,7,10H2,1-2H3,(H,16,17)(H,18,19). The fourth-order valence-electron chi connectivity index (χ4n) is 1.93. The zero-order valence-corrected chi connectivity index (χ0v) is 11.4. The van der Waals surface area contributed by atoms with E-state index in [2.05, 4.69) is 5.32 Å². The van der Waals surface area contributed by atoms with Crippen LogP contribution in [-0.2, 0) is 16.0 Å². The molecule has 1 aromatic carbocycles. The molecule has 0 fully saturated rings. The van der Waals surface area contributed by atoms with Gasteiger partial charge in [-0.15, -0.1) is 0 Å². The maximum Gasteiger partial charge on any atom is 0.326 e. The summed E-state index contributed by atoms with van der Waals surface area (Å²) in [5, 5.41) is 11.8. The van der Waals surface area contributed by atoms with Gasteiger partial charge in [-0.1, -0.05) is 50.6 Å². The number of benzene rings is 1. The van der Waals surface area contributed by atoms with Crippen molar-refractivity contribution in [3.05, 3.63) is 35.9 Å². The zero-order valence-electron chi connectivity index (χ0n) is 11.4. The van der Waals surface area contributed by atoms with Crippen molar-refractivity contribution in [2.75, 3.05) is 0 Å². The monoisotopic (exact) mass is 263 g/mol. The van der Waals surface area contributed by atoms with Gasteiger partial charge < -0.3 is 10.4 Å². The van der Waals surface area contributed by atoms with Crippen molar-refractivity contribution in [1.82, 2.24) is 5.32 Å². The number of aliphatic carboxylic acids is 1. The molecule has 0 aromatic heterocycles. The molecule has 0 aliphatic carbocycles. The van der Waals surface area contributed by atoms with Crippen LogP contribution in [0.1, 0.15) is 32.3 Å². The molecule has 0 heterocycles. The van der Waals surface area contributed by atoms with Crippen LogP contribution in [0, 0.1) is 5.92 Å². The van der Waals surface area contributed by atoms with Gasteiger partial charge in [-0.05, 0) is 12.0 Å². The van der Waals surface area contributed by atoms with Crippen LogP contribution in [0.2, 0.25) is 0 Å². The molecule has 0 radical (unpaired) electrons. The summed E-state index contributed by atoms with van der Waals surface area (Å²) in [6.45, 7) is 3.82. The highest BCUT2D eigenvalue weighted by molar-refractivity contribution is 5.84. The normalized spacial score (nSPS) is 13.6. The van der Waals surface area contributed by atoms with Gasteiger partial charge in [-0.3, -0.25) is 4.79 Å². The fourth-order valence-corrected chi connectivity index (χ4v) is 1.93. The molecular weight excluding hydrogens is 242 g/mol. The molecule has 4 heteroatoms. The second-order valence-corrected chi connectivity index (χ2v) is 4.78. The number of amides is 1. The highest BCUT2D eigenvalue weighted by Crippen LogP contribution is 2.08. The van der Waals surface area contributed by atoms with E-state index in [0.717, 1.165) is 18.4 Å². The van der Waals surface area contributed by atoms with Crippen LogP contribution in [0.3, 0.4) is 0 Å². The summed E-state index contributed by atoms with van der Waals surface area (Å²) >= 11 is 0. The van der Waals surface area contributed by atoms with E-state index in [1.165, 1.54) is 0 Å². The van der Waals surface area contributed by atoms with E-state index >= 15 is 0 Å². The molecule has 19 heavy (non-hydrogen) atoms. The molecule has 0 saturated heterocycles. The number of carboxylic acid groups (broad SMARTS) is 1. The van der Waals surface area contributed by atoms with Gasteiger partial charge in [0.15, 0.2) is 0 Å². The Labute approximate surface area is 113 Å². The number of hydrogen-bond donors (Lipinski definition) is 2. The molecule has 0 spiro atoms. The van der Waals surface area contributed by atoms with Crippen molar-refractivity contribution < 1.29 is 14.7 Å². The van der Waals surface area contributed by atoms with Gasteiger partial charge in [0.2, 0.25) is 5.91 Å². The third kappa shape index (κ3) is 5.12. The molecule has 0 aliphatic rings. The highest BCUT2D eigenvalue weighted by atomic mass is 16.4. The van der Waals surface area contributed by atoms with Gasteiger partial charge in [0.05, 0.1) is 0 Å². The van der Waals surface area contributed by atoms with Crippen molar-refractivity contribution in [2.45, 2.75) is 39.2 Å². The Morgan fingerprint density at radius 1 is 1.26 bits per heavy atom. The summed E-state index contributed by atoms with van der Waals surface area (Å²) in [5.74, 6) is -1.34. The van der Waals surface area contributed by atoms with E-state index in [4.69, 9.17) is 0 Å². The quantitative estimate of drug-likeness (QED) is 0.792. The predicted octanol–water partition coefficient (Wildman–Crippen LogP) is 2.23. The molecular formula is C15H21NO3. The van der Waals surface area contributed by atoms with Gasteiger partial charge in [-0.25, -0.2) is 4.79 Å². The predicted molar refractivity (Wildman–Crippen MR) is 73.8 cm³/mol. The van der Waals surface area contributed by atoms with E-state index in [0.29, 0.717) is 6.42 Å². The first-order chi connectivity index (χ1) is 9.04. The first-order valence-corrected chi connectivity index (χ1v) is 6.61. The van der Waals surface area contributed by atoms with Crippen molar-refractivity contribution in [3.8, 4) is 0 Å². The average molecular weight is 263 g/mol. The van der Waals surface area contributed by atoms with Crippen molar-refractivity contribution in [2.24, 2.45) is 5.92 Å². The second-order valence-electron chi connectivity index (χ2n) is 4.78. The first kappa shape index (κ1) is 15.2. The maximum absolute atomic E-state index is 11.9. The largest absolute Gasteiger partial charge is 0.480 e. The van der Waals surface area contributed by atoms with Gasteiger partial charge in [0.1, 0.15) is 6.04 Å².